The molecule has 59 heavy (non-hydrogen) atoms. The molecule has 0 aliphatic heterocycles. The maximum Gasteiger partial charge on any atom is 0.148 e. The highest BCUT2D eigenvalue weighted by Crippen LogP contribution is 2.39. The smallest absolute Gasteiger partial charge is 0.148 e. The van der Waals surface area contributed by atoms with Crippen LogP contribution in [0.25, 0.3) is 0 Å². The fourth-order valence-corrected chi connectivity index (χ4v) is 6.19. The zero-order valence-electron chi connectivity index (χ0n) is 34.5. The highest BCUT2D eigenvalue weighted by molar-refractivity contribution is 9.10. The third-order valence-electron chi connectivity index (χ3n) is 9.09. The molecule has 0 saturated heterocycles. The van der Waals surface area contributed by atoms with E-state index in [2.05, 4.69) is 73.9 Å². The summed E-state index contributed by atoms with van der Waals surface area (Å²) in [6.07, 6.45) is 8.78. The number of azo groups is 2. The Morgan fingerprint density at radius 2 is 0.915 bits per heavy atom. The first-order valence-corrected chi connectivity index (χ1v) is 20.8. The van der Waals surface area contributed by atoms with Crippen LogP contribution in [0.5, 0.6) is 28.7 Å². The molecule has 0 spiro atoms. The van der Waals surface area contributed by atoms with Crippen molar-refractivity contribution in [2.45, 2.75) is 65.2 Å². The number of rotatable bonds is 19. The first-order valence-electron chi connectivity index (χ1n) is 20.0. The van der Waals surface area contributed by atoms with Gasteiger partial charge in [-0.1, -0.05) is 76.1 Å². The number of ether oxygens (including phenoxy) is 5. The van der Waals surface area contributed by atoms with Crippen LogP contribution in [0, 0.1) is 23.7 Å². The van der Waals surface area contributed by atoms with Crippen LogP contribution in [-0.4, -0.2) is 34.5 Å². The molecular formula is C49H51BrN4O5. The van der Waals surface area contributed by atoms with E-state index in [-0.39, 0.29) is 0 Å². The van der Waals surface area contributed by atoms with E-state index in [0.29, 0.717) is 64.5 Å². The van der Waals surface area contributed by atoms with Crippen LogP contribution in [-0.2, 0) is 0 Å². The molecule has 0 saturated carbocycles. The lowest BCUT2D eigenvalue weighted by atomic mass is 10.1. The van der Waals surface area contributed by atoms with Crippen molar-refractivity contribution in [1.29, 1.82) is 0 Å². The summed E-state index contributed by atoms with van der Waals surface area (Å²) in [5.74, 6) is 16.1. The zero-order chi connectivity index (χ0) is 41.7. The van der Waals surface area contributed by atoms with Crippen molar-refractivity contribution in [2.75, 3.05) is 34.5 Å². The van der Waals surface area contributed by atoms with Crippen LogP contribution < -0.4 is 23.7 Å². The third-order valence-corrected chi connectivity index (χ3v) is 9.71. The normalized spacial score (nSPS) is 10.8. The van der Waals surface area contributed by atoms with Gasteiger partial charge in [-0.3, -0.25) is 0 Å². The maximum absolute atomic E-state index is 6.27. The van der Waals surface area contributed by atoms with E-state index in [1.165, 1.54) is 12.8 Å². The Morgan fingerprint density at radius 3 is 1.39 bits per heavy atom. The number of halogens is 1. The molecule has 0 unspecified atom stereocenters. The fraction of sp³-hybridized carbons (Fsp3) is 0.306. The van der Waals surface area contributed by atoms with Gasteiger partial charge >= 0.3 is 0 Å². The summed E-state index contributed by atoms with van der Waals surface area (Å²) < 4.78 is 29.6. The zero-order valence-corrected chi connectivity index (χ0v) is 36.1. The minimum atomic E-state index is 0.550. The molecule has 0 bridgehead atoms. The summed E-state index contributed by atoms with van der Waals surface area (Å²) in [4.78, 5) is 0. The standard InChI is InChI=1S/C49H51BrN4O5/c1-6-8-10-12-30-58-48-32-39(46(56-4)34-44(48)53-51-40-24-17-36(18-25-40)14-15-37-21-28-42(55-3)29-22-37)23-16-38-19-26-41(27-20-38)52-54-45-35-47(57-5)43(50)33-49(45)59-31-13-11-9-7-2/h17-22,24-29,32-35H,6-13,30-31H2,1-5H3. The number of methoxy groups -OCH3 is 3. The van der Waals surface area contributed by atoms with E-state index in [1.807, 2.05) is 97.1 Å². The van der Waals surface area contributed by atoms with Gasteiger partial charge in [0.05, 0.1) is 56.0 Å². The average Bonchev–Trinajstić information content (AvgIpc) is 3.27. The summed E-state index contributed by atoms with van der Waals surface area (Å²) in [5, 5.41) is 18.1. The summed E-state index contributed by atoms with van der Waals surface area (Å²) in [7, 11) is 4.88. The molecule has 304 valence electrons. The van der Waals surface area contributed by atoms with Gasteiger partial charge in [-0.25, -0.2) is 0 Å². The molecule has 9 nitrogen and oxygen atoms in total. The molecule has 5 aromatic carbocycles. The first kappa shape index (κ1) is 44.0. The van der Waals surface area contributed by atoms with Crippen LogP contribution >= 0.6 is 15.9 Å². The fourth-order valence-electron chi connectivity index (χ4n) is 5.71. The maximum atomic E-state index is 6.27. The van der Waals surface area contributed by atoms with Crippen LogP contribution in [0.2, 0.25) is 0 Å². The van der Waals surface area contributed by atoms with Crippen molar-refractivity contribution in [3.8, 4) is 52.4 Å². The lowest BCUT2D eigenvalue weighted by Gasteiger charge is -2.12. The largest absolute Gasteiger partial charge is 0.497 e. The van der Waals surface area contributed by atoms with Gasteiger partial charge in [-0.15, -0.1) is 10.2 Å². The Hall–Kier alpha value is -6.10. The first-order chi connectivity index (χ1) is 28.9. The highest BCUT2D eigenvalue weighted by Gasteiger charge is 2.13. The van der Waals surface area contributed by atoms with Crippen LogP contribution in [0.4, 0.5) is 22.7 Å². The number of nitrogens with zero attached hydrogens (tertiary/aromatic N) is 4. The Balaban J connectivity index is 1.32. The minimum Gasteiger partial charge on any atom is -0.497 e. The number of hydrogen-bond acceptors (Lipinski definition) is 9. The summed E-state index contributed by atoms with van der Waals surface area (Å²) in [6.45, 7) is 5.54. The van der Waals surface area contributed by atoms with Crippen LogP contribution in [0.1, 0.15) is 87.5 Å². The summed E-state index contributed by atoms with van der Waals surface area (Å²) >= 11 is 3.56. The Kier molecular flexibility index (Phi) is 17.9. The Labute approximate surface area is 357 Å². The Bertz CT molecular complexity index is 2290. The molecule has 10 heteroatoms. The van der Waals surface area contributed by atoms with Gasteiger partial charge < -0.3 is 23.7 Å². The molecule has 0 atom stereocenters. The van der Waals surface area contributed by atoms with E-state index >= 15 is 0 Å². The summed E-state index contributed by atoms with van der Waals surface area (Å²) in [5.41, 5.74) is 5.75. The lowest BCUT2D eigenvalue weighted by Crippen LogP contribution is -1.99. The van der Waals surface area contributed by atoms with E-state index in [4.69, 9.17) is 23.7 Å². The number of hydrogen-bond donors (Lipinski definition) is 0. The van der Waals surface area contributed by atoms with Gasteiger partial charge in [0.15, 0.2) is 0 Å². The van der Waals surface area contributed by atoms with Crippen molar-refractivity contribution in [1.82, 2.24) is 0 Å². The van der Waals surface area contributed by atoms with Gasteiger partial charge in [0.2, 0.25) is 0 Å². The van der Waals surface area contributed by atoms with Gasteiger partial charge in [-0.05, 0) is 102 Å². The van der Waals surface area contributed by atoms with Gasteiger partial charge in [-0.2, -0.15) is 10.2 Å². The van der Waals surface area contributed by atoms with Gasteiger partial charge in [0.1, 0.15) is 40.1 Å². The van der Waals surface area contributed by atoms with Gasteiger partial charge in [0, 0.05) is 41.0 Å². The predicted octanol–water partition coefficient (Wildman–Crippen LogP) is 14.0. The molecule has 5 rings (SSSR count). The Morgan fingerprint density at radius 1 is 0.458 bits per heavy atom. The van der Waals surface area contributed by atoms with Crippen molar-refractivity contribution >= 4 is 38.7 Å². The van der Waals surface area contributed by atoms with Crippen molar-refractivity contribution in [2.24, 2.45) is 20.5 Å². The molecule has 0 amide bonds. The second kappa shape index (κ2) is 24.0. The highest BCUT2D eigenvalue weighted by atomic mass is 79.9. The molecule has 0 aromatic heterocycles. The SMILES string of the molecule is CCCCCCOc1cc(Br)c(OC)cc1N=Nc1ccc(C#Cc2cc(OCCCCCC)c(N=Nc3ccc(C#Cc4ccc(OC)cc4)cc3)cc2OC)cc1. The topological polar surface area (TPSA) is 95.6 Å². The minimum absolute atomic E-state index is 0.550. The lowest BCUT2D eigenvalue weighted by molar-refractivity contribution is 0.305. The monoisotopic (exact) mass is 854 g/mol. The molecule has 5 aromatic rings. The molecular weight excluding hydrogens is 804 g/mol. The van der Waals surface area contributed by atoms with Gasteiger partial charge in [0.25, 0.3) is 0 Å². The average molecular weight is 856 g/mol. The quantitative estimate of drug-likeness (QED) is 0.0468. The van der Waals surface area contributed by atoms with E-state index in [9.17, 15) is 0 Å². The van der Waals surface area contributed by atoms with E-state index < -0.39 is 0 Å². The van der Waals surface area contributed by atoms with E-state index in [0.717, 1.165) is 65.4 Å². The molecule has 0 heterocycles. The van der Waals surface area contributed by atoms with E-state index in [1.54, 1.807) is 21.3 Å². The molecule has 0 aliphatic rings. The van der Waals surface area contributed by atoms with Crippen molar-refractivity contribution in [3.05, 3.63) is 124 Å². The third kappa shape index (κ3) is 14.1. The molecule has 0 aliphatic carbocycles. The number of benzene rings is 5. The summed E-state index contributed by atoms with van der Waals surface area (Å²) in [6, 6.07) is 30.2. The van der Waals surface area contributed by atoms with Crippen molar-refractivity contribution in [3.63, 3.8) is 0 Å². The molecule has 0 fully saturated rings. The molecule has 0 N–H and O–H groups in total. The van der Waals surface area contributed by atoms with Crippen LogP contribution in [0.3, 0.4) is 0 Å². The second-order valence-electron chi connectivity index (χ2n) is 13.5. The predicted molar refractivity (Wildman–Crippen MR) is 239 cm³/mol. The van der Waals surface area contributed by atoms with Crippen LogP contribution in [0.15, 0.2) is 122 Å². The van der Waals surface area contributed by atoms with Crippen molar-refractivity contribution < 1.29 is 23.7 Å². The number of unbranched alkanes of at least 4 members (excludes halogenated alkanes) is 6. The second-order valence-corrected chi connectivity index (χ2v) is 14.4. The molecule has 0 radical (unpaired) electrons.